The molecular weight excluding hydrogens is 416 g/mol. The van der Waals surface area contributed by atoms with E-state index in [0.717, 1.165) is 35.1 Å². The molecule has 0 aromatic heterocycles. The van der Waals surface area contributed by atoms with Crippen molar-refractivity contribution in [3.63, 3.8) is 0 Å². The van der Waals surface area contributed by atoms with E-state index in [9.17, 15) is 8.42 Å². The fourth-order valence-electron chi connectivity index (χ4n) is 4.07. The standard InChI is InChI=1S/C23H30N2O3S2/c26-30(27,21-9-4-3-5-10-21)25-16-18-29-23-12-11-20(19-22(23)25)28-17-8-15-24-13-6-1-2-7-14-24/h3-5,9-12,19H,1-2,6-8,13-18H2. The van der Waals surface area contributed by atoms with Gasteiger partial charge >= 0.3 is 0 Å². The van der Waals surface area contributed by atoms with Crippen LogP contribution in [0, 0.1) is 0 Å². The first-order valence-corrected chi connectivity index (χ1v) is 13.3. The molecule has 2 aromatic rings. The fraction of sp³-hybridized carbons (Fsp3) is 0.478. The Hall–Kier alpha value is -1.70. The van der Waals surface area contributed by atoms with Gasteiger partial charge < -0.3 is 9.64 Å². The third-order valence-electron chi connectivity index (χ3n) is 5.67. The van der Waals surface area contributed by atoms with E-state index < -0.39 is 10.0 Å². The van der Waals surface area contributed by atoms with Crippen molar-refractivity contribution in [2.75, 3.05) is 42.8 Å². The molecule has 0 atom stereocenters. The average molecular weight is 447 g/mol. The summed E-state index contributed by atoms with van der Waals surface area (Å²) in [7, 11) is -3.58. The van der Waals surface area contributed by atoms with Crippen LogP contribution in [-0.2, 0) is 10.0 Å². The highest BCUT2D eigenvalue weighted by atomic mass is 32.2. The second-order valence-corrected chi connectivity index (χ2v) is 10.8. The summed E-state index contributed by atoms with van der Waals surface area (Å²) in [6.07, 6.45) is 6.28. The normalized spacial score (nSPS) is 17.9. The minimum Gasteiger partial charge on any atom is -0.493 e. The number of hydrogen-bond donors (Lipinski definition) is 0. The summed E-state index contributed by atoms with van der Waals surface area (Å²) in [6, 6.07) is 14.5. The molecule has 4 rings (SSSR count). The van der Waals surface area contributed by atoms with Crippen molar-refractivity contribution >= 4 is 27.5 Å². The van der Waals surface area contributed by atoms with Crippen molar-refractivity contribution in [2.45, 2.75) is 41.9 Å². The maximum atomic E-state index is 13.2. The summed E-state index contributed by atoms with van der Waals surface area (Å²) >= 11 is 1.69. The van der Waals surface area contributed by atoms with Gasteiger partial charge in [0.1, 0.15) is 5.75 Å². The number of hydrogen-bond acceptors (Lipinski definition) is 5. The molecule has 2 heterocycles. The summed E-state index contributed by atoms with van der Waals surface area (Å²) in [5.74, 6) is 1.48. The van der Waals surface area contributed by atoms with Crippen molar-refractivity contribution in [3.8, 4) is 5.75 Å². The highest BCUT2D eigenvalue weighted by Gasteiger charge is 2.29. The first-order valence-electron chi connectivity index (χ1n) is 10.8. The van der Waals surface area contributed by atoms with Crippen LogP contribution < -0.4 is 9.04 Å². The van der Waals surface area contributed by atoms with Gasteiger partial charge in [-0.05, 0) is 56.6 Å². The lowest BCUT2D eigenvalue weighted by atomic mass is 10.2. The maximum absolute atomic E-state index is 13.2. The summed E-state index contributed by atoms with van der Waals surface area (Å²) in [5, 5.41) is 0. The highest BCUT2D eigenvalue weighted by molar-refractivity contribution is 8.00. The number of fused-ring (bicyclic) bond motifs is 1. The molecule has 0 aliphatic carbocycles. The average Bonchev–Trinajstić information content (AvgIpc) is 3.05. The Morgan fingerprint density at radius 1 is 0.933 bits per heavy atom. The molecule has 30 heavy (non-hydrogen) atoms. The van der Waals surface area contributed by atoms with Crippen LogP contribution in [0.3, 0.4) is 0 Å². The largest absolute Gasteiger partial charge is 0.493 e. The molecule has 7 heteroatoms. The predicted molar refractivity (Wildman–Crippen MR) is 123 cm³/mol. The number of ether oxygens (including phenoxy) is 1. The Morgan fingerprint density at radius 2 is 1.70 bits per heavy atom. The number of sulfonamides is 1. The molecule has 2 aliphatic rings. The monoisotopic (exact) mass is 446 g/mol. The Kier molecular flexibility index (Phi) is 7.23. The molecule has 5 nitrogen and oxygen atoms in total. The van der Waals surface area contributed by atoms with Crippen LogP contribution in [-0.4, -0.2) is 51.9 Å². The molecule has 2 aromatic carbocycles. The maximum Gasteiger partial charge on any atom is 0.264 e. The number of rotatable bonds is 7. The van der Waals surface area contributed by atoms with Crippen LogP contribution in [0.25, 0.3) is 0 Å². The van der Waals surface area contributed by atoms with Crippen LogP contribution in [0.4, 0.5) is 5.69 Å². The van der Waals surface area contributed by atoms with E-state index in [2.05, 4.69) is 4.90 Å². The molecule has 1 saturated heterocycles. The number of likely N-dealkylation sites (tertiary alicyclic amines) is 1. The van der Waals surface area contributed by atoms with E-state index in [4.69, 9.17) is 4.74 Å². The SMILES string of the molecule is O=S(=O)(c1ccccc1)N1CCSc2ccc(OCCCN3CCCCCC3)cc21. The van der Waals surface area contributed by atoms with Crippen LogP contribution in [0.5, 0.6) is 5.75 Å². The molecule has 0 radical (unpaired) electrons. The van der Waals surface area contributed by atoms with Gasteiger partial charge in [-0.1, -0.05) is 31.0 Å². The van der Waals surface area contributed by atoms with E-state index in [1.54, 1.807) is 36.0 Å². The van der Waals surface area contributed by atoms with Gasteiger partial charge in [0, 0.05) is 29.8 Å². The second-order valence-electron chi connectivity index (χ2n) is 7.83. The molecule has 162 valence electrons. The number of thioether (sulfide) groups is 1. The lowest BCUT2D eigenvalue weighted by molar-refractivity contribution is 0.240. The number of anilines is 1. The molecule has 0 bridgehead atoms. The Bertz CT molecular complexity index is 927. The summed E-state index contributed by atoms with van der Waals surface area (Å²) in [5.41, 5.74) is 0.722. The Labute approximate surface area is 184 Å². The number of benzene rings is 2. The summed E-state index contributed by atoms with van der Waals surface area (Å²) < 4.78 is 33.9. The number of nitrogens with zero attached hydrogens (tertiary/aromatic N) is 2. The van der Waals surface area contributed by atoms with Gasteiger partial charge in [-0.25, -0.2) is 8.42 Å². The quantitative estimate of drug-likeness (QED) is 0.580. The second kappa shape index (κ2) is 10.1. The van der Waals surface area contributed by atoms with Gasteiger partial charge in [0.2, 0.25) is 0 Å². The first-order chi connectivity index (χ1) is 14.6. The fourth-order valence-corrected chi connectivity index (χ4v) is 6.72. The van der Waals surface area contributed by atoms with Crippen LogP contribution in [0.1, 0.15) is 32.1 Å². The smallest absolute Gasteiger partial charge is 0.264 e. The van der Waals surface area contributed by atoms with E-state index in [1.165, 1.54) is 43.1 Å². The summed E-state index contributed by atoms with van der Waals surface area (Å²) in [6.45, 7) is 4.57. The van der Waals surface area contributed by atoms with Gasteiger partial charge in [0.05, 0.1) is 17.2 Å². The van der Waals surface area contributed by atoms with E-state index in [0.29, 0.717) is 18.0 Å². The molecule has 1 fully saturated rings. The van der Waals surface area contributed by atoms with Crippen molar-refractivity contribution in [1.82, 2.24) is 4.90 Å². The van der Waals surface area contributed by atoms with Crippen LogP contribution in [0.15, 0.2) is 58.3 Å². The summed E-state index contributed by atoms with van der Waals surface area (Å²) in [4.78, 5) is 3.85. The van der Waals surface area contributed by atoms with E-state index >= 15 is 0 Å². The van der Waals surface area contributed by atoms with Gasteiger partial charge in [-0.3, -0.25) is 4.31 Å². The Balaban J connectivity index is 1.42. The lowest BCUT2D eigenvalue weighted by Crippen LogP contribution is -2.35. The molecule has 0 saturated carbocycles. The van der Waals surface area contributed by atoms with Crippen molar-refractivity contribution in [3.05, 3.63) is 48.5 Å². The minimum atomic E-state index is -3.58. The predicted octanol–water partition coefficient (Wildman–Crippen LogP) is 4.63. The Morgan fingerprint density at radius 3 is 2.47 bits per heavy atom. The molecular formula is C23H30N2O3S2. The minimum absolute atomic E-state index is 0.326. The third-order valence-corrected chi connectivity index (χ3v) is 8.54. The first kappa shape index (κ1) is 21.5. The van der Waals surface area contributed by atoms with Crippen molar-refractivity contribution < 1.29 is 13.2 Å². The van der Waals surface area contributed by atoms with Gasteiger partial charge in [-0.2, -0.15) is 0 Å². The zero-order chi connectivity index (χ0) is 20.8. The molecule has 0 spiro atoms. The van der Waals surface area contributed by atoms with Gasteiger partial charge in [-0.15, -0.1) is 11.8 Å². The molecule has 0 N–H and O–H groups in total. The lowest BCUT2D eigenvalue weighted by Gasteiger charge is -2.30. The molecule has 2 aliphatic heterocycles. The van der Waals surface area contributed by atoms with Gasteiger partial charge in [0.15, 0.2) is 0 Å². The highest BCUT2D eigenvalue weighted by Crippen LogP contribution is 2.39. The van der Waals surface area contributed by atoms with Crippen molar-refractivity contribution in [2.24, 2.45) is 0 Å². The van der Waals surface area contributed by atoms with Crippen LogP contribution in [0.2, 0.25) is 0 Å². The third kappa shape index (κ3) is 5.13. The van der Waals surface area contributed by atoms with Crippen molar-refractivity contribution in [1.29, 1.82) is 0 Å². The van der Waals surface area contributed by atoms with Crippen LogP contribution >= 0.6 is 11.8 Å². The zero-order valence-corrected chi connectivity index (χ0v) is 19.0. The van der Waals surface area contributed by atoms with E-state index in [1.807, 2.05) is 24.3 Å². The molecule has 0 amide bonds. The topological polar surface area (TPSA) is 49.9 Å². The van der Waals surface area contributed by atoms with E-state index in [-0.39, 0.29) is 0 Å². The van der Waals surface area contributed by atoms with Gasteiger partial charge in [0.25, 0.3) is 10.0 Å². The molecule has 0 unspecified atom stereocenters. The zero-order valence-electron chi connectivity index (χ0n) is 17.3.